The number of benzene rings is 1. The number of hydrogen-bond acceptors (Lipinski definition) is 2. The van der Waals surface area contributed by atoms with Crippen molar-refractivity contribution in [3.63, 3.8) is 0 Å². The lowest BCUT2D eigenvalue weighted by Gasteiger charge is -2.29. The molecule has 1 aromatic rings. The number of halogens is 2. The summed E-state index contributed by atoms with van der Waals surface area (Å²) < 4.78 is 6.09. The molecule has 1 amide bonds. The van der Waals surface area contributed by atoms with Crippen LogP contribution in [0.25, 0.3) is 0 Å². The van der Waals surface area contributed by atoms with E-state index in [1.807, 2.05) is 17.0 Å². The summed E-state index contributed by atoms with van der Waals surface area (Å²) in [5, 5.41) is 0.627. The molecular weight excluding hydrogens is 389 g/mol. The summed E-state index contributed by atoms with van der Waals surface area (Å²) in [6, 6.07) is 5.74. The van der Waals surface area contributed by atoms with Gasteiger partial charge in [-0.25, -0.2) is 0 Å². The summed E-state index contributed by atoms with van der Waals surface area (Å²) in [5.41, 5.74) is 0.652. The highest BCUT2D eigenvalue weighted by Gasteiger charge is 2.34. The van der Waals surface area contributed by atoms with Crippen molar-refractivity contribution in [2.24, 2.45) is 5.92 Å². The van der Waals surface area contributed by atoms with Gasteiger partial charge in [-0.15, -0.1) is 0 Å². The van der Waals surface area contributed by atoms with Crippen LogP contribution in [-0.4, -0.2) is 37.1 Å². The molecule has 1 aromatic carbocycles. The molecule has 5 heteroatoms. The summed E-state index contributed by atoms with van der Waals surface area (Å²) in [6.45, 7) is 3.30. The number of rotatable bonds is 6. The molecule has 1 atom stereocenters. The summed E-state index contributed by atoms with van der Waals surface area (Å²) in [4.78, 5) is 14.6. The minimum Gasteiger partial charge on any atom is -0.383 e. The van der Waals surface area contributed by atoms with Crippen LogP contribution in [0.3, 0.4) is 0 Å². The fraction of sp³-hybridized carbons (Fsp3) is 0.533. The van der Waals surface area contributed by atoms with E-state index in [1.54, 1.807) is 13.2 Å². The standard InChI is InChI=1S/C15H19ClINO2/c1-10(11-3-4-11)18(7-8-20-2)15(19)12-5-6-14(17)13(16)9-12/h5-6,9-11H,3-4,7-8H2,1-2H3. The van der Waals surface area contributed by atoms with Crippen LogP contribution in [0, 0.1) is 9.49 Å². The number of ether oxygens (including phenoxy) is 1. The normalized spacial score (nSPS) is 16.0. The van der Waals surface area contributed by atoms with E-state index in [4.69, 9.17) is 16.3 Å². The molecule has 0 aliphatic heterocycles. The first kappa shape index (κ1) is 16.0. The number of methoxy groups -OCH3 is 1. The maximum Gasteiger partial charge on any atom is 0.254 e. The first-order valence-corrected chi connectivity index (χ1v) is 8.25. The fourth-order valence-corrected chi connectivity index (χ4v) is 2.82. The van der Waals surface area contributed by atoms with Gasteiger partial charge < -0.3 is 9.64 Å². The fourth-order valence-electron chi connectivity index (χ4n) is 2.31. The smallest absolute Gasteiger partial charge is 0.254 e. The number of nitrogens with zero attached hydrogens (tertiary/aromatic N) is 1. The van der Waals surface area contributed by atoms with Crippen molar-refractivity contribution in [2.75, 3.05) is 20.3 Å². The number of amides is 1. The minimum absolute atomic E-state index is 0.0414. The highest BCUT2D eigenvalue weighted by molar-refractivity contribution is 14.1. The van der Waals surface area contributed by atoms with Gasteiger partial charge in [-0.3, -0.25) is 4.79 Å². The average Bonchev–Trinajstić information content (AvgIpc) is 3.26. The van der Waals surface area contributed by atoms with Gasteiger partial charge in [-0.1, -0.05) is 11.6 Å². The van der Waals surface area contributed by atoms with Gasteiger partial charge >= 0.3 is 0 Å². The molecule has 1 saturated carbocycles. The van der Waals surface area contributed by atoms with Crippen LogP contribution >= 0.6 is 34.2 Å². The van der Waals surface area contributed by atoms with Crippen LogP contribution in [-0.2, 0) is 4.74 Å². The third-order valence-electron chi connectivity index (χ3n) is 3.76. The van der Waals surface area contributed by atoms with E-state index in [2.05, 4.69) is 29.5 Å². The molecule has 0 bridgehead atoms. The highest BCUT2D eigenvalue weighted by atomic mass is 127. The quantitative estimate of drug-likeness (QED) is 0.671. The molecule has 110 valence electrons. The largest absolute Gasteiger partial charge is 0.383 e. The maximum atomic E-state index is 12.7. The van der Waals surface area contributed by atoms with Crippen LogP contribution in [0.1, 0.15) is 30.1 Å². The van der Waals surface area contributed by atoms with Crippen LogP contribution < -0.4 is 0 Å². The highest BCUT2D eigenvalue weighted by Crippen LogP contribution is 2.35. The lowest BCUT2D eigenvalue weighted by molar-refractivity contribution is 0.0594. The Morgan fingerprint density at radius 3 is 2.80 bits per heavy atom. The Kier molecular flexibility index (Phi) is 5.69. The summed E-state index contributed by atoms with van der Waals surface area (Å²) in [6.07, 6.45) is 2.43. The molecule has 1 unspecified atom stereocenters. The lowest BCUT2D eigenvalue weighted by Crippen LogP contribution is -2.42. The molecule has 1 aliphatic rings. The predicted molar refractivity (Wildman–Crippen MR) is 89.3 cm³/mol. The van der Waals surface area contributed by atoms with E-state index in [0.717, 1.165) is 3.57 Å². The SMILES string of the molecule is COCCN(C(=O)c1ccc(I)c(Cl)c1)C(C)C1CC1. The summed E-state index contributed by atoms with van der Waals surface area (Å²) >= 11 is 8.28. The summed E-state index contributed by atoms with van der Waals surface area (Å²) in [7, 11) is 1.66. The maximum absolute atomic E-state index is 12.7. The van der Waals surface area contributed by atoms with Crippen LogP contribution in [0.15, 0.2) is 18.2 Å². The van der Waals surface area contributed by atoms with Gasteiger partial charge in [0.1, 0.15) is 0 Å². The average molecular weight is 408 g/mol. The third-order valence-corrected chi connectivity index (χ3v) is 5.33. The molecular formula is C15H19ClINO2. The van der Waals surface area contributed by atoms with E-state index in [0.29, 0.717) is 29.7 Å². The van der Waals surface area contributed by atoms with Gasteiger partial charge in [0.05, 0.1) is 11.6 Å². The van der Waals surface area contributed by atoms with Crippen molar-refractivity contribution in [3.8, 4) is 0 Å². The zero-order chi connectivity index (χ0) is 14.7. The van der Waals surface area contributed by atoms with Crippen LogP contribution in [0.5, 0.6) is 0 Å². The number of carbonyl (C=O) groups is 1. The Hall–Kier alpha value is -0.330. The first-order valence-electron chi connectivity index (χ1n) is 6.79. The molecule has 3 nitrogen and oxygen atoms in total. The molecule has 0 N–H and O–H groups in total. The second-order valence-electron chi connectivity index (χ2n) is 5.20. The molecule has 20 heavy (non-hydrogen) atoms. The van der Waals surface area contributed by atoms with Gasteiger partial charge in [0.2, 0.25) is 0 Å². The van der Waals surface area contributed by atoms with Crippen molar-refractivity contribution < 1.29 is 9.53 Å². The zero-order valence-corrected chi connectivity index (χ0v) is 14.6. The number of hydrogen-bond donors (Lipinski definition) is 0. The molecule has 0 heterocycles. The predicted octanol–water partition coefficient (Wildman–Crippen LogP) is 3.83. The van der Waals surface area contributed by atoms with Crippen LogP contribution in [0.2, 0.25) is 5.02 Å². The Morgan fingerprint density at radius 2 is 2.25 bits per heavy atom. The van der Waals surface area contributed by atoms with Crippen molar-refractivity contribution in [1.29, 1.82) is 0 Å². The second-order valence-corrected chi connectivity index (χ2v) is 6.77. The van der Waals surface area contributed by atoms with E-state index in [-0.39, 0.29) is 11.9 Å². The van der Waals surface area contributed by atoms with Gasteiger partial charge in [-0.05, 0) is 66.5 Å². The van der Waals surface area contributed by atoms with E-state index >= 15 is 0 Å². The Morgan fingerprint density at radius 1 is 1.55 bits per heavy atom. The van der Waals surface area contributed by atoms with E-state index in [1.165, 1.54) is 12.8 Å². The number of carbonyl (C=O) groups excluding carboxylic acids is 1. The topological polar surface area (TPSA) is 29.5 Å². The Labute approximate surface area is 138 Å². The second kappa shape index (κ2) is 7.09. The van der Waals surface area contributed by atoms with Gasteiger partial charge in [-0.2, -0.15) is 0 Å². The van der Waals surface area contributed by atoms with Gasteiger partial charge in [0.25, 0.3) is 5.91 Å². The minimum atomic E-state index is 0.0414. The molecule has 0 spiro atoms. The molecule has 2 rings (SSSR count). The molecule has 1 fully saturated rings. The van der Waals surface area contributed by atoms with Gasteiger partial charge in [0, 0.05) is 28.8 Å². The zero-order valence-electron chi connectivity index (χ0n) is 11.7. The third kappa shape index (κ3) is 3.86. The molecule has 1 aliphatic carbocycles. The molecule has 0 saturated heterocycles. The van der Waals surface area contributed by atoms with Crippen molar-refractivity contribution in [1.82, 2.24) is 4.90 Å². The Balaban J connectivity index is 2.17. The van der Waals surface area contributed by atoms with Crippen LogP contribution in [0.4, 0.5) is 0 Å². The Bertz CT molecular complexity index is 491. The van der Waals surface area contributed by atoms with Gasteiger partial charge in [0.15, 0.2) is 0 Å². The van der Waals surface area contributed by atoms with E-state index in [9.17, 15) is 4.79 Å². The molecule has 0 aromatic heterocycles. The first-order chi connectivity index (χ1) is 9.54. The molecule has 0 radical (unpaired) electrons. The van der Waals surface area contributed by atoms with Crippen molar-refractivity contribution in [3.05, 3.63) is 32.4 Å². The lowest BCUT2D eigenvalue weighted by atomic mass is 10.1. The van der Waals surface area contributed by atoms with Crippen molar-refractivity contribution in [2.45, 2.75) is 25.8 Å². The van der Waals surface area contributed by atoms with Crippen molar-refractivity contribution >= 4 is 40.1 Å². The monoisotopic (exact) mass is 407 g/mol. The summed E-state index contributed by atoms with van der Waals surface area (Å²) in [5.74, 6) is 0.676. The van der Waals surface area contributed by atoms with E-state index < -0.39 is 0 Å².